The first-order valence-corrected chi connectivity index (χ1v) is 7.06. The summed E-state index contributed by atoms with van der Waals surface area (Å²) in [5.74, 6) is 0.517. The van der Waals surface area contributed by atoms with Crippen LogP contribution < -0.4 is 4.74 Å². The van der Waals surface area contributed by atoms with Crippen molar-refractivity contribution in [3.05, 3.63) is 30.0 Å². The van der Waals surface area contributed by atoms with Crippen molar-refractivity contribution in [3.8, 4) is 5.75 Å². The zero-order valence-electron chi connectivity index (χ0n) is 12.6. The largest absolute Gasteiger partial charge is 0.485 e. The third-order valence-corrected chi connectivity index (χ3v) is 3.07. The second-order valence-corrected chi connectivity index (χ2v) is 4.35. The first kappa shape index (κ1) is 16.5. The van der Waals surface area contributed by atoms with E-state index in [0.717, 1.165) is 17.3 Å². The summed E-state index contributed by atoms with van der Waals surface area (Å²) in [7, 11) is 1.98. The maximum Gasteiger partial charge on any atom is 0.155 e. The Bertz CT molecular complexity index is 533. The minimum atomic E-state index is -1.00. The van der Waals surface area contributed by atoms with E-state index in [2.05, 4.69) is 13.1 Å². The monoisotopic (exact) mass is 283 g/mol. The molecule has 112 valence electrons. The number of fused-ring (bicyclic) bond motifs is 1. The summed E-state index contributed by atoms with van der Waals surface area (Å²) >= 11 is 0. The maximum atomic E-state index is 12.4. The summed E-state index contributed by atoms with van der Waals surface area (Å²) in [6, 6.07) is 5.52. The highest BCUT2D eigenvalue weighted by Crippen LogP contribution is 2.26. The molecule has 0 aliphatic rings. The number of nitrogens with zero attached hydrogens (tertiary/aromatic N) is 1. The van der Waals surface area contributed by atoms with Crippen molar-refractivity contribution in [1.82, 2.24) is 4.57 Å². The highest BCUT2D eigenvalue weighted by atomic mass is 19.1. The molecule has 0 spiro atoms. The van der Waals surface area contributed by atoms with Gasteiger partial charge >= 0.3 is 0 Å². The molecule has 1 aromatic heterocycles. The van der Waals surface area contributed by atoms with E-state index in [1.807, 2.05) is 37.6 Å². The number of aromatic nitrogens is 1. The molecule has 1 heterocycles. The molecule has 0 amide bonds. The van der Waals surface area contributed by atoms with Gasteiger partial charge in [-0.2, -0.15) is 0 Å². The van der Waals surface area contributed by atoms with E-state index in [-0.39, 0.29) is 0 Å². The van der Waals surface area contributed by atoms with Crippen molar-refractivity contribution < 1.29 is 13.5 Å². The van der Waals surface area contributed by atoms with E-state index < -0.39 is 19.5 Å². The maximum absolute atomic E-state index is 12.4. The lowest BCUT2D eigenvalue weighted by atomic mass is 10.1. The van der Waals surface area contributed by atoms with E-state index >= 15 is 0 Å². The Morgan fingerprint density at radius 2 is 1.85 bits per heavy atom. The molecule has 0 bridgehead atoms. The number of hydrogen-bond donors (Lipinski definition) is 0. The number of alkyl halides is 2. The zero-order valence-corrected chi connectivity index (χ0v) is 12.6. The molecule has 0 fully saturated rings. The lowest BCUT2D eigenvalue weighted by Gasteiger charge is -2.12. The van der Waals surface area contributed by atoms with Crippen molar-refractivity contribution in [3.63, 3.8) is 0 Å². The van der Waals surface area contributed by atoms with Gasteiger partial charge in [0.25, 0.3) is 0 Å². The van der Waals surface area contributed by atoms with Gasteiger partial charge in [-0.1, -0.05) is 20.8 Å². The number of halogens is 2. The predicted octanol–water partition coefficient (Wildman–Crippen LogP) is 4.45. The molecule has 2 aromatic rings. The van der Waals surface area contributed by atoms with Crippen LogP contribution in [-0.2, 0) is 13.5 Å². The Morgan fingerprint density at radius 1 is 1.20 bits per heavy atom. The van der Waals surface area contributed by atoms with Crippen LogP contribution >= 0.6 is 0 Å². The van der Waals surface area contributed by atoms with Gasteiger partial charge < -0.3 is 9.30 Å². The molecular formula is C16H23F2NO. The third kappa shape index (κ3) is 3.50. The second kappa shape index (κ2) is 7.88. The van der Waals surface area contributed by atoms with Gasteiger partial charge in [-0.05, 0) is 30.2 Å². The Balaban J connectivity index is 0.000000956. The summed E-state index contributed by atoms with van der Waals surface area (Å²) in [6.45, 7) is 4.45. The number of hydrogen-bond acceptors (Lipinski definition) is 1. The van der Waals surface area contributed by atoms with E-state index in [1.165, 1.54) is 5.56 Å². The van der Waals surface area contributed by atoms with Crippen molar-refractivity contribution >= 4 is 10.9 Å². The fraction of sp³-hybridized carbons (Fsp3) is 0.500. The van der Waals surface area contributed by atoms with E-state index in [9.17, 15) is 8.78 Å². The molecule has 0 radical (unpaired) electrons. The van der Waals surface area contributed by atoms with Crippen LogP contribution in [0.5, 0.6) is 5.75 Å². The van der Waals surface area contributed by atoms with Crippen LogP contribution in [0.15, 0.2) is 24.4 Å². The van der Waals surface area contributed by atoms with Crippen molar-refractivity contribution in [2.24, 2.45) is 7.05 Å². The number of ether oxygens (including phenoxy) is 1. The molecule has 0 atom stereocenters. The minimum absolute atomic E-state index is 0.517. The van der Waals surface area contributed by atoms with Crippen LogP contribution in [0.3, 0.4) is 0 Å². The van der Waals surface area contributed by atoms with E-state index in [4.69, 9.17) is 4.74 Å². The van der Waals surface area contributed by atoms with Gasteiger partial charge in [0.1, 0.15) is 19.1 Å². The van der Waals surface area contributed by atoms with E-state index in [0.29, 0.717) is 5.75 Å². The van der Waals surface area contributed by atoms with Crippen LogP contribution in [0.25, 0.3) is 10.9 Å². The molecule has 0 aliphatic heterocycles. The quantitative estimate of drug-likeness (QED) is 0.790. The Kier molecular flexibility index (Phi) is 6.49. The fourth-order valence-corrected chi connectivity index (χ4v) is 2.10. The summed E-state index contributed by atoms with van der Waals surface area (Å²) in [5, 5.41) is 1.08. The minimum Gasteiger partial charge on any atom is -0.485 e. The average molecular weight is 283 g/mol. The Labute approximate surface area is 119 Å². The van der Waals surface area contributed by atoms with Crippen molar-refractivity contribution in [1.29, 1.82) is 0 Å². The first-order chi connectivity index (χ1) is 9.69. The van der Waals surface area contributed by atoms with Crippen LogP contribution in [0, 0.1) is 0 Å². The summed E-state index contributed by atoms with van der Waals surface area (Å²) in [4.78, 5) is 0. The van der Waals surface area contributed by atoms with Gasteiger partial charge in [-0.3, -0.25) is 0 Å². The molecule has 0 N–H and O–H groups in total. The van der Waals surface area contributed by atoms with Gasteiger partial charge in [-0.25, -0.2) is 8.78 Å². The molecule has 1 aromatic carbocycles. The fourth-order valence-electron chi connectivity index (χ4n) is 2.10. The summed E-state index contributed by atoms with van der Waals surface area (Å²) in [6.07, 6.45) is 1.98. The van der Waals surface area contributed by atoms with Crippen LogP contribution in [0.2, 0.25) is 0 Å². The molecular weight excluding hydrogens is 260 g/mol. The second-order valence-electron chi connectivity index (χ2n) is 4.35. The zero-order chi connectivity index (χ0) is 15.1. The molecule has 20 heavy (non-hydrogen) atoms. The standard InChI is InChI=1S/C14H17F2NO.C2H6/c1-3-10-9-17(2)14-5-4-11(6-13(10)14)18-12(7-15)8-16;1-2/h4-6,9,12H,3,7-8H2,1-2H3;1-2H3. The molecule has 0 aliphatic carbocycles. The number of aryl methyl sites for hydroxylation is 2. The van der Waals surface area contributed by atoms with Crippen LogP contribution in [0.4, 0.5) is 8.78 Å². The van der Waals surface area contributed by atoms with Crippen molar-refractivity contribution in [2.75, 3.05) is 13.3 Å². The van der Waals surface area contributed by atoms with Gasteiger partial charge in [-0.15, -0.1) is 0 Å². The molecule has 0 unspecified atom stereocenters. The Morgan fingerprint density at radius 3 is 2.40 bits per heavy atom. The normalized spacial score (nSPS) is 10.6. The average Bonchev–Trinajstić information content (AvgIpc) is 2.82. The number of rotatable bonds is 5. The van der Waals surface area contributed by atoms with Crippen LogP contribution in [0.1, 0.15) is 26.3 Å². The third-order valence-electron chi connectivity index (χ3n) is 3.07. The molecule has 2 nitrogen and oxygen atoms in total. The molecule has 4 heteroatoms. The van der Waals surface area contributed by atoms with E-state index in [1.54, 1.807) is 6.07 Å². The van der Waals surface area contributed by atoms with Gasteiger partial charge in [0.15, 0.2) is 6.10 Å². The lowest BCUT2D eigenvalue weighted by Crippen LogP contribution is -2.21. The lowest BCUT2D eigenvalue weighted by molar-refractivity contribution is 0.134. The van der Waals surface area contributed by atoms with Gasteiger partial charge in [0, 0.05) is 24.1 Å². The SMILES string of the molecule is CC.CCc1cn(C)c2ccc(OC(CF)CF)cc12. The van der Waals surface area contributed by atoms with Crippen LogP contribution in [-0.4, -0.2) is 24.0 Å². The summed E-state index contributed by atoms with van der Waals surface area (Å²) in [5.41, 5.74) is 2.30. The predicted molar refractivity (Wildman–Crippen MR) is 80.0 cm³/mol. The Hall–Kier alpha value is -1.58. The summed E-state index contributed by atoms with van der Waals surface area (Å²) < 4.78 is 32.2. The molecule has 2 rings (SSSR count). The highest BCUT2D eigenvalue weighted by molar-refractivity contribution is 5.85. The molecule has 0 saturated heterocycles. The topological polar surface area (TPSA) is 14.2 Å². The number of benzene rings is 1. The highest BCUT2D eigenvalue weighted by Gasteiger charge is 2.11. The van der Waals surface area contributed by atoms with Gasteiger partial charge in [0.2, 0.25) is 0 Å². The smallest absolute Gasteiger partial charge is 0.155 e. The van der Waals surface area contributed by atoms with Gasteiger partial charge in [0.05, 0.1) is 0 Å². The molecule has 0 saturated carbocycles. The first-order valence-electron chi connectivity index (χ1n) is 7.06. The van der Waals surface area contributed by atoms with Crippen molar-refractivity contribution in [2.45, 2.75) is 33.3 Å².